The molecule has 0 aromatic heterocycles. The fraction of sp³-hybridized carbons (Fsp3) is 0.381. The molecule has 0 heterocycles. The van der Waals surface area contributed by atoms with Gasteiger partial charge in [0.25, 0.3) is 0 Å². The van der Waals surface area contributed by atoms with Crippen LogP contribution in [0.4, 0.5) is 4.39 Å². The fourth-order valence-electron chi connectivity index (χ4n) is 3.00. The maximum absolute atomic E-state index is 13.9. The molecule has 2 aromatic carbocycles. The summed E-state index contributed by atoms with van der Waals surface area (Å²) in [5.41, 5.74) is 1.95. The molecule has 0 radical (unpaired) electrons. The lowest BCUT2D eigenvalue weighted by Gasteiger charge is -2.21. The minimum Gasteiger partial charge on any atom is -0.355 e. The van der Waals surface area contributed by atoms with Gasteiger partial charge in [0, 0.05) is 24.7 Å². The number of hydrogen-bond donors (Lipinski definition) is 1. The molecule has 4 heteroatoms. The standard InChI is InChI=1S/C21H25FN2O/c22-20-11-5-4-10-18(20)15-24(19-12-13-19)16-21(25)23-14-6-9-17-7-2-1-3-8-17/h1-5,7-8,10-11,19H,6,9,12-16H2,(H,23,25). The van der Waals surface area contributed by atoms with Gasteiger partial charge < -0.3 is 5.32 Å². The lowest BCUT2D eigenvalue weighted by atomic mass is 10.1. The molecular formula is C21H25FN2O. The summed E-state index contributed by atoms with van der Waals surface area (Å²) in [7, 11) is 0. The van der Waals surface area contributed by atoms with Crippen molar-refractivity contribution < 1.29 is 9.18 Å². The number of halogens is 1. The van der Waals surface area contributed by atoms with E-state index in [9.17, 15) is 9.18 Å². The highest BCUT2D eigenvalue weighted by Gasteiger charge is 2.30. The van der Waals surface area contributed by atoms with Crippen molar-refractivity contribution >= 4 is 5.91 Å². The van der Waals surface area contributed by atoms with Gasteiger partial charge in [-0.25, -0.2) is 4.39 Å². The molecule has 2 aromatic rings. The smallest absolute Gasteiger partial charge is 0.234 e. The van der Waals surface area contributed by atoms with Gasteiger partial charge in [0.1, 0.15) is 5.82 Å². The zero-order valence-electron chi connectivity index (χ0n) is 14.5. The number of carbonyl (C=O) groups is 1. The summed E-state index contributed by atoms with van der Waals surface area (Å²) in [6.45, 7) is 1.51. The molecule has 1 amide bonds. The Kier molecular flexibility index (Phi) is 6.18. The molecule has 132 valence electrons. The number of benzene rings is 2. The van der Waals surface area contributed by atoms with E-state index in [-0.39, 0.29) is 11.7 Å². The van der Waals surface area contributed by atoms with E-state index in [1.54, 1.807) is 12.1 Å². The zero-order valence-corrected chi connectivity index (χ0v) is 14.5. The molecule has 0 aliphatic heterocycles. The summed E-state index contributed by atoms with van der Waals surface area (Å²) in [6.07, 6.45) is 4.07. The second-order valence-corrected chi connectivity index (χ2v) is 6.67. The summed E-state index contributed by atoms with van der Waals surface area (Å²) >= 11 is 0. The van der Waals surface area contributed by atoms with Crippen LogP contribution in [0.5, 0.6) is 0 Å². The van der Waals surface area contributed by atoms with Gasteiger partial charge in [0.15, 0.2) is 0 Å². The number of amides is 1. The largest absolute Gasteiger partial charge is 0.355 e. The van der Waals surface area contributed by atoms with E-state index in [4.69, 9.17) is 0 Å². The van der Waals surface area contributed by atoms with E-state index >= 15 is 0 Å². The van der Waals surface area contributed by atoms with Crippen LogP contribution < -0.4 is 5.32 Å². The van der Waals surface area contributed by atoms with Crippen molar-refractivity contribution in [2.75, 3.05) is 13.1 Å². The molecule has 3 nitrogen and oxygen atoms in total. The normalized spacial score (nSPS) is 13.8. The van der Waals surface area contributed by atoms with Crippen LogP contribution in [-0.2, 0) is 17.8 Å². The van der Waals surface area contributed by atoms with Gasteiger partial charge in [-0.05, 0) is 37.3 Å². The Bertz CT molecular complexity index is 685. The van der Waals surface area contributed by atoms with E-state index in [0.717, 1.165) is 25.7 Å². The number of rotatable bonds is 9. The predicted octanol–water partition coefficient (Wildman–Crippen LogP) is 3.54. The Labute approximate surface area is 148 Å². The van der Waals surface area contributed by atoms with Crippen LogP contribution >= 0.6 is 0 Å². The van der Waals surface area contributed by atoms with E-state index < -0.39 is 0 Å². The first-order valence-corrected chi connectivity index (χ1v) is 9.00. The first kappa shape index (κ1) is 17.6. The average Bonchev–Trinajstić information content (AvgIpc) is 3.46. The first-order chi connectivity index (χ1) is 12.2. The monoisotopic (exact) mass is 340 g/mol. The Hall–Kier alpha value is -2.20. The van der Waals surface area contributed by atoms with E-state index in [2.05, 4.69) is 22.3 Å². The molecule has 0 saturated heterocycles. The van der Waals surface area contributed by atoms with Crippen LogP contribution in [0.1, 0.15) is 30.4 Å². The van der Waals surface area contributed by atoms with Crippen molar-refractivity contribution in [3.63, 3.8) is 0 Å². The first-order valence-electron chi connectivity index (χ1n) is 9.00. The van der Waals surface area contributed by atoms with Gasteiger partial charge in [-0.1, -0.05) is 48.5 Å². The molecule has 1 aliphatic carbocycles. The molecule has 25 heavy (non-hydrogen) atoms. The Morgan fingerprint density at radius 2 is 1.80 bits per heavy atom. The molecule has 3 rings (SSSR count). The van der Waals surface area contributed by atoms with Crippen LogP contribution in [0.2, 0.25) is 0 Å². The van der Waals surface area contributed by atoms with E-state index in [0.29, 0.717) is 31.2 Å². The van der Waals surface area contributed by atoms with Crippen molar-refractivity contribution in [1.29, 1.82) is 0 Å². The third kappa shape index (κ3) is 5.68. The number of carbonyl (C=O) groups excluding carboxylic acids is 1. The molecule has 1 aliphatic rings. The molecule has 0 unspecified atom stereocenters. The molecule has 0 spiro atoms. The number of nitrogens with one attached hydrogen (secondary N) is 1. The third-order valence-corrected chi connectivity index (χ3v) is 4.55. The van der Waals surface area contributed by atoms with E-state index in [1.807, 2.05) is 24.3 Å². The fourth-order valence-corrected chi connectivity index (χ4v) is 3.00. The summed E-state index contributed by atoms with van der Waals surface area (Å²) in [5, 5.41) is 2.99. The summed E-state index contributed by atoms with van der Waals surface area (Å²) in [5.74, 6) is -0.173. The molecule has 1 fully saturated rings. The Morgan fingerprint density at radius 1 is 1.08 bits per heavy atom. The molecule has 0 bridgehead atoms. The number of nitrogens with zero attached hydrogens (tertiary/aromatic N) is 1. The average molecular weight is 340 g/mol. The topological polar surface area (TPSA) is 32.3 Å². The molecular weight excluding hydrogens is 315 g/mol. The number of hydrogen-bond acceptors (Lipinski definition) is 2. The van der Waals surface area contributed by atoms with Crippen molar-refractivity contribution in [3.05, 3.63) is 71.5 Å². The van der Waals surface area contributed by atoms with E-state index in [1.165, 1.54) is 11.6 Å². The highest BCUT2D eigenvalue weighted by atomic mass is 19.1. The van der Waals surface area contributed by atoms with Gasteiger partial charge in [-0.3, -0.25) is 9.69 Å². The summed E-state index contributed by atoms with van der Waals surface area (Å²) in [6, 6.07) is 17.5. The minimum absolute atomic E-state index is 0.0244. The maximum Gasteiger partial charge on any atom is 0.234 e. The van der Waals surface area contributed by atoms with Crippen molar-refractivity contribution in [2.45, 2.75) is 38.3 Å². The number of aryl methyl sites for hydroxylation is 1. The minimum atomic E-state index is -0.198. The van der Waals surface area contributed by atoms with Gasteiger partial charge >= 0.3 is 0 Å². The summed E-state index contributed by atoms with van der Waals surface area (Å²) < 4.78 is 13.9. The van der Waals surface area contributed by atoms with Crippen LogP contribution in [0, 0.1) is 5.82 Å². The predicted molar refractivity (Wildman–Crippen MR) is 97.6 cm³/mol. The molecule has 0 atom stereocenters. The van der Waals surface area contributed by atoms with Crippen molar-refractivity contribution in [1.82, 2.24) is 10.2 Å². The molecule has 1 saturated carbocycles. The van der Waals surface area contributed by atoms with Crippen molar-refractivity contribution in [3.8, 4) is 0 Å². The highest BCUT2D eigenvalue weighted by Crippen LogP contribution is 2.28. The van der Waals surface area contributed by atoms with Crippen LogP contribution in [-0.4, -0.2) is 29.9 Å². The van der Waals surface area contributed by atoms with Crippen LogP contribution in [0.15, 0.2) is 54.6 Å². The van der Waals surface area contributed by atoms with Gasteiger partial charge in [0.05, 0.1) is 6.54 Å². The highest BCUT2D eigenvalue weighted by molar-refractivity contribution is 5.78. The van der Waals surface area contributed by atoms with Gasteiger partial charge in [0.2, 0.25) is 5.91 Å². The SMILES string of the molecule is O=C(CN(Cc1ccccc1F)C1CC1)NCCCc1ccccc1. The van der Waals surface area contributed by atoms with Crippen LogP contribution in [0.25, 0.3) is 0 Å². The second kappa shape index (κ2) is 8.77. The van der Waals surface area contributed by atoms with Gasteiger partial charge in [-0.15, -0.1) is 0 Å². The van der Waals surface area contributed by atoms with Crippen molar-refractivity contribution in [2.24, 2.45) is 0 Å². The zero-order chi connectivity index (χ0) is 17.5. The second-order valence-electron chi connectivity index (χ2n) is 6.67. The Balaban J connectivity index is 1.43. The third-order valence-electron chi connectivity index (χ3n) is 4.55. The molecule has 1 N–H and O–H groups in total. The Morgan fingerprint density at radius 3 is 2.52 bits per heavy atom. The lowest BCUT2D eigenvalue weighted by Crippen LogP contribution is -2.38. The maximum atomic E-state index is 13.9. The summed E-state index contributed by atoms with van der Waals surface area (Å²) in [4.78, 5) is 14.3. The lowest BCUT2D eigenvalue weighted by molar-refractivity contribution is -0.122. The van der Waals surface area contributed by atoms with Crippen LogP contribution in [0.3, 0.4) is 0 Å². The van der Waals surface area contributed by atoms with Gasteiger partial charge in [-0.2, -0.15) is 0 Å². The quantitative estimate of drug-likeness (QED) is 0.708.